The fourth-order valence-electron chi connectivity index (χ4n) is 8.61. The monoisotopic (exact) mass is 1030 g/mol. The molecule has 0 saturated heterocycles. The Hall–Kier alpha value is -3.67. The van der Waals surface area contributed by atoms with Crippen LogP contribution in [-0.4, -0.2) is 37.2 Å². The smallest absolute Gasteiger partial charge is 0.306 e. The average Bonchev–Trinajstić information content (AvgIpc) is 3.40. The Kier molecular flexibility index (Phi) is 58.8. The predicted molar refractivity (Wildman–Crippen MR) is 320 cm³/mol. The molecule has 0 fully saturated rings. The molecule has 0 heterocycles. The average molecular weight is 1030 g/mol. The molecule has 1 atom stereocenters. The maximum absolute atomic E-state index is 12.9. The number of ether oxygens (including phenoxy) is 3. The van der Waals surface area contributed by atoms with E-state index in [1.165, 1.54) is 154 Å². The summed E-state index contributed by atoms with van der Waals surface area (Å²) in [6.07, 6.45) is 82.6. The molecule has 0 rings (SSSR count). The van der Waals surface area contributed by atoms with Crippen LogP contribution in [0.1, 0.15) is 297 Å². The SMILES string of the molecule is CC/C=C\C/C=C\C/C=C\C/C=C\C/C=C\C/C=C\CCCCC(=O)OCC(COC(=O)CCCCCCC/C=C\CCCCCCCCC)OC(=O)CCCCCCCCCCC/C=C\CCCCCCCC. The molecule has 0 aliphatic rings. The number of carbonyl (C=O) groups excluding carboxylic acids is 3. The number of hydrogen-bond acceptors (Lipinski definition) is 6. The molecule has 0 saturated carbocycles. The van der Waals surface area contributed by atoms with Gasteiger partial charge in [-0.3, -0.25) is 14.4 Å². The highest BCUT2D eigenvalue weighted by atomic mass is 16.6. The van der Waals surface area contributed by atoms with E-state index in [1.54, 1.807) is 0 Å². The van der Waals surface area contributed by atoms with E-state index in [9.17, 15) is 14.4 Å². The Labute approximate surface area is 457 Å². The van der Waals surface area contributed by atoms with Crippen molar-refractivity contribution in [2.75, 3.05) is 13.2 Å². The summed E-state index contributed by atoms with van der Waals surface area (Å²) in [6, 6.07) is 0. The van der Waals surface area contributed by atoms with Crippen LogP contribution in [0.25, 0.3) is 0 Å². The summed E-state index contributed by atoms with van der Waals surface area (Å²) in [6.45, 7) is 6.50. The molecule has 424 valence electrons. The molecular weight excluding hydrogens is 913 g/mol. The van der Waals surface area contributed by atoms with Crippen molar-refractivity contribution in [2.45, 2.75) is 303 Å². The Morgan fingerprint density at radius 1 is 0.284 bits per heavy atom. The fraction of sp³-hybridized carbons (Fsp3) is 0.721. The highest BCUT2D eigenvalue weighted by Crippen LogP contribution is 2.15. The first-order chi connectivity index (χ1) is 36.5. The molecule has 0 aromatic rings. The lowest BCUT2D eigenvalue weighted by atomic mass is 10.1. The van der Waals surface area contributed by atoms with Crippen molar-refractivity contribution < 1.29 is 28.6 Å². The van der Waals surface area contributed by atoms with Crippen LogP contribution in [0.2, 0.25) is 0 Å². The third-order valence-corrected chi connectivity index (χ3v) is 13.3. The summed E-state index contributed by atoms with van der Waals surface area (Å²) in [5, 5.41) is 0. The van der Waals surface area contributed by atoms with Gasteiger partial charge in [0.1, 0.15) is 13.2 Å². The molecule has 0 aromatic carbocycles. The van der Waals surface area contributed by atoms with Crippen molar-refractivity contribution in [3.05, 3.63) is 97.2 Å². The van der Waals surface area contributed by atoms with Crippen LogP contribution in [-0.2, 0) is 28.6 Å². The molecule has 0 N–H and O–H groups in total. The van der Waals surface area contributed by atoms with E-state index in [4.69, 9.17) is 14.2 Å². The summed E-state index contributed by atoms with van der Waals surface area (Å²) < 4.78 is 16.9. The van der Waals surface area contributed by atoms with Crippen LogP contribution in [0.3, 0.4) is 0 Å². The topological polar surface area (TPSA) is 78.9 Å². The van der Waals surface area contributed by atoms with Gasteiger partial charge in [0.05, 0.1) is 0 Å². The number of carbonyl (C=O) groups is 3. The highest BCUT2D eigenvalue weighted by molar-refractivity contribution is 5.71. The van der Waals surface area contributed by atoms with Crippen LogP contribution in [0, 0.1) is 0 Å². The molecule has 6 heteroatoms. The molecule has 74 heavy (non-hydrogen) atoms. The molecule has 0 spiro atoms. The van der Waals surface area contributed by atoms with E-state index < -0.39 is 6.10 Å². The van der Waals surface area contributed by atoms with Crippen molar-refractivity contribution in [3.8, 4) is 0 Å². The van der Waals surface area contributed by atoms with E-state index >= 15 is 0 Å². The summed E-state index contributed by atoms with van der Waals surface area (Å²) in [7, 11) is 0. The molecular formula is C68H116O6. The molecule has 0 aliphatic heterocycles. The fourth-order valence-corrected chi connectivity index (χ4v) is 8.61. The lowest BCUT2D eigenvalue weighted by molar-refractivity contribution is -0.167. The van der Waals surface area contributed by atoms with Gasteiger partial charge in [-0.2, -0.15) is 0 Å². The number of rotatable bonds is 56. The third kappa shape index (κ3) is 59.2. The number of hydrogen-bond donors (Lipinski definition) is 0. The number of allylic oxidation sites excluding steroid dienone is 16. The van der Waals surface area contributed by atoms with Gasteiger partial charge in [-0.1, -0.05) is 253 Å². The lowest BCUT2D eigenvalue weighted by Crippen LogP contribution is -2.30. The zero-order chi connectivity index (χ0) is 53.6. The van der Waals surface area contributed by atoms with E-state index in [1.807, 2.05) is 0 Å². The van der Waals surface area contributed by atoms with Gasteiger partial charge in [0, 0.05) is 19.3 Å². The van der Waals surface area contributed by atoms with Gasteiger partial charge in [0.2, 0.25) is 0 Å². The van der Waals surface area contributed by atoms with Gasteiger partial charge in [-0.25, -0.2) is 0 Å². The van der Waals surface area contributed by atoms with Crippen LogP contribution < -0.4 is 0 Å². The maximum Gasteiger partial charge on any atom is 0.306 e. The molecule has 1 unspecified atom stereocenters. The van der Waals surface area contributed by atoms with Gasteiger partial charge in [-0.15, -0.1) is 0 Å². The molecule has 6 nitrogen and oxygen atoms in total. The van der Waals surface area contributed by atoms with Crippen molar-refractivity contribution >= 4 is 17.9 Å². The summed E-state index contributed by atoms with van der Waals surface area (Å²) in [4.78, 5) is 38.3. The second-order valence-corrected chi connectivity index (χ2v) is 20.6. The number of unbranched alkanes of at least 4 members (excludes halogenated alkanes) is 29. The van der Waals surface area contributed by atoms with Crippen LogP contribution >= 0.6 is 0 Å². The minimum Gasteiger partial charge on any atom is -0.462 e. The molecule has 0 amide bonds. The second kappa shape index (κ2) is 61.9. The van der Waals surface area contributed by atoms with Crippen molar-refractivity contribution in [3.63, 3.8) is 0 Å². The zero-order valence-electron chi connectivity index (χ0n) is 48.6. The van der Waals surface area contributed by atoms with Gasteiger partial charge in [0.15, 0.2) is 6.10 Å². The normalized spacial score (nSPS) is 12.7. The van der Waals surface area contributed by atoms with Crippen LogP contribution in [0.4, 0.5) is 0 Å². The van der Waals surface area contributed by atoms with Crippen molar-refractivity contribution in [1.29, 1.82) is 0 Å². The third-order valence-electron chi connectivity index (χ3n) is 13.3. The molecule has 0 radical (unpaired) electrons. The van der Waals surface area contributed by atoms with E-state index in [0.717, 1.165) is 103 Å². The number of esters is 3. The van der Waals surface area contributed by atoms with E-state index in [0.29, 0.717) is 19.3 Å². The molecule has 0 aliphatic carbocycles. The minimum absolute atomic E-state index is 0.0960. The zero-order valence-corrected chi connectivity index (χ0v) is 48.6. The second-order valence-electron chi connectivity index (χ2n) is 20.6. The largest absolute Gasteiger partial charge is 0.462 e. The molecule has 0 bridgehead atoms. The van der Waals surface area contributed by atoms with Gasteiger partial charge in [-0.05, 0) is 122 Å². The van der Waals surface area contributed by atoms with E-state index in [2.05, 4.69) is 118 Å². The maximum atomic E-state index is 12.9. The lowest BCUT2D eigenvalue weighted by Gasteiger charge is -2.18. The first-order valence-corrected chi connectivity index (χ1v) is 31.2. The van der Waals surface area contributed by atoms with Gasteiger partial charge >= 0.3 is 17.9 Å². The summed E-state index contributed by atoms with van der Waals surface area (Å²) in [5.74, 6) is -0.942. The highest BCUT2D eigenvalue weighted by Gasteiger charge is 2.19. The quantitative estimate of drug-likeness (QED) is 0.0261. The Bertz CT molecular complexity index is 1460. The van der Waals surface area contributed by atoms with Crippen LogP contribution in [0.5, 0.6) is 0 Å². The Morgan fingerprint density at radius 2 is 0.527 bits per heavy atom. The minimum atomic E-state index is -0.802. The van der Waals surface area contributed by atoms with Gasteiger partial charge in [0.25, 0.3) is 0 Å². The summed E-state index contributed by atoms with van der Waals surface area (Å²) in [5.41, 5.74) is 0. The van der Waals surface area contributed by atoms with Crippen molar-refractivity contribution in [1.82, 2.24) is 0 Å². The van der Waals surface area contributed by atoms with Crippen molar-refractivity contribution in [2.24, 2.45) is 0 Å². The van der Waals surface area contributed by atoms with Gasteiger partial charge < -0.3 is 14.2 Å². The Morgan fingerprint density at radius 3 is 0.865 bits per heavy atom. The summed E-state index contributed by atoms with van der Waals surface area (Å²) >= 11 is 0. The van der Waals surface area contributed by atoms with Crippen LogP contribution in [0.15, 0.2) is 97.2 Å². The van der Waals surface area contributed by atoms with E-state index in [-0.39, 0.29) is 31.1 Å². The molecule has 0 aromatic heterocycles. The predicted octanol–water partition coefficient (Wildman–Crippen LogP) is 21.3. The first-order valence-electron chi connectivity index (χ1n) is 31.2. The first kappa shape index (κ1) is 70.3. The standard InChI is InChI=1S/C68H116O6/c1-4-7-10-13-16-19-22-25-28-31-33-34-36-37-40-43-46-49-52-55-58-61-67(70)73-64-65(63-72-66(69)60-57-54-51-48-45-42-39-30-27-24-21-18-15-12-9-6-3)74-68(71)62-59-56-53-50-47-44-41-38-35-32-29-26-23-20-17-14-11-8-5-2/h7,10,16,19,25-26,28-30,33-34,37,39-40,46,49,65H,4-6,8-9,11-15,17-18,20-24,27,31-32,35-36,38,41-45,47-48,50-64H2,1-3H3/b10-7-,19-16-,28-25-,29-26-,34-33-,39-30-,40-37-,49-46-. The Balaban J connectivity index is 4.47.